The molecule has 0 amide bonds. The maximum Gasteiger partial charge on any atom is 0.178 e. The molecule has 1 saturated carbocycles. The summed E-state index contributed by atoms with van der Waals surface area (Å²) in [6, 6.07) is 8.57. The highest BCUT2D eigenvalue weighted by atomic mass is 15.4. The number of nitrogens with one attached hydrogen (secondary N) is 1. The van der Waals surface area contributed by atoms with Gasteiger partial charge in [0.2, 0.25) is 0 Å². The summed E-state index contributed by atoms with van der Waals surface area (Å²) in [4.78, 5) is 6.41. The molecule has 0 radical (unpaired) electrons. The SMILES string of the molecule is CC(NCC1CN(c2ccc3nnc(C4CC4)n3n2)C1)c1ccncc1. The minimum absolute atomic E-state index is 0.347. The zero-order valence-corrected chi connectivity index (χ0v) is 14.9. The van der Waals surface area contributed by atoms with Gasteiger partial charge in [-0.3, -0.25) is 4.98 Å². The standard InChI is InChI=1S/C19H23N7/c1-13(15-6-8-20-9-7-15)21-10-14-11-25(12-14)18-5-4-17-22-23-19(16-2-3-16)26(17)24-18/h4-9,13-14,16,21H,2-3,10-12H2,1H3. The number of rotatable bonds is 6. The first kappa shape index (κ1) is 15.7. The summed E-state index contributed by atoms with van der Waals surface area (Å²) < 4.78 is 1.93. The molecule has 134 valence electrons. The van der Waals surface area contributed by atoms with Crippen LogP contribution in [-0.4, -0.2) is 44.4 Å². The molecule has 4 heterocycles. The van der Waals surface area contributed by atoms with Crippen LogP contribution in [0.25, 0.3) is 5.65 Å². The molecule has 7 nitrogen and oxygen atoms in total. The molecule has 3 aromatic rings. The van der Waals surface area contributed by atoms with E-state index in [9.17, 15) is 0 Å². The molecule has 0 aromatic carbocycles. The summed E-state index contributed by atoms with van der Waals surface area (Å²) in [6.07, 6.45) is 6.11. The summed E-state index contributed by atoms with van der Waals surface area (Å²) in [5.41, 5.74) is 2.13. The third-order valence-electron chi connectivity index (χ3n) is 5.42. The molecule has 0 spiro atoms. The smallest absolute Gasteiger partial charge is 0.178 e. The average Bonchev–Trinajstić information content (AvgIpc) is 3.40. The van der Waals surface area contributed by atoms with Crippen LogP contribution in [0.15, 0.2) is 36.7 Å². The second-order valence-electron chi connectivity index (χ2n) is 7.48. The minimum Gasteiger partial charge on any atom is -0.354 e. The Labute approximate surface area is 152 Å². The molecule has 7 heteroatoms. The van der Waals surface area contributed by atoms with Crippen molar-refractivity contribution in [3.05, 3.63) is 48.0 Å². The predicted octanol–water partition coefficient (Wildman–Crippen LogP) is 2.18. The van der Waals surface area contributed by atoms with Crippen molar-refractivity contribution < 1.29 is 0 Å². The maximum atomic E-state index is 4.79. The van der Waals surface area contributed by atoms with Gasteiger partial charge in [-0.05, 0) is 49.6 Å². The van der Waals surface area contributed by atoms with E-state index in [-0.39, 0.29) is 0 Å². The molecule has 2 aliphatic rings. The average molecular weight is 349 g/mol. The molecule has 1 atom stereocenters. The van der Waals surface area contributed by atoms with Crippen LogP contribution in [0, 0.1) is 5.92 Å². The van der Waals surface area contributed by atoms with Crippen LogP contribution in [0.2, 0.25) is 0 Å². The van der Waals surface area contributed by atoms with Gasteiger partial charge in [-0.25, -0.2) is 0 Å². The summed E-state index contributed by atoms with van der Waals surface area (Å²) in [6.45, 7) is 5.29. The van der Waals surface area contributed by atoms with E-state index in [0.717, 1.165) is 36.9 Å². The van der Waals surface area contributed by atoms with Crippen LogP contribution in [-0.2, 0) is 0 Å². The highest BCUT2D eigenvalue weighted by Gasteiger charge is 2.31. The van der Waals surface area contributed by atoms with Crippen molar-refractivity contribution in [2.75, 3.05) is 24.5 Å². The molecule has 1 aliphatic carbocycles. The first-order chi connectivity index (χ1) is 12.8. The fourth-order valence-corrected chi connectivity index (χ4v) is 3.56. The second-order valence-corrected chi connectivity index (χ2v) is 7.48. The topological polar surface area (TPSA) is 71.2 Å². The van der Waals surface area contributed by atoms with Crippen LogP contribution >= 0.6 is 0 Å². The van der Waals surface area contributed by atoms with Crippen LogP contribution in [0.3, 0.4) is 0 Å². The van der Waals surface area contributed by atoms with E-state index in [2.05, 4.69) is 50.5 Å². The van der Waals surface area contributed by atoms with Gasteiger partial charge in [0, 0.05) is 49.9 Å². The molecule has 26 heavy (non-hydrogen) atoms. The predicted molar refractivity (Wildman–Crippen MR) is 99.1 cm³/mol. The van der Waals surface area contributed by atoms with E-state index in [0.29, 0.717) is 17.9 Å². The number of pyridine rings is 1. The summed E-state index contributed by atoms with van der Waals surface area (Å²) in [5.74, 6) is 3.25. The van der Waals surface area contributed by atoms with Crippen LogP contribution in [0.5, 0.6) is 0 Å². The van der Waals surface area contributed by atoms with Crippen LogP contribution in [0.1, 0.15) is 43.1 Å². The lowest BCUT2D eigenvalue weighted by Crippen LogP contribution is -2.51. The third kappa shape index (κ3) is 2.92. The largest absolute Gasteiger partial charge is 0.354 e. The fraction of sp³-hybridized carbons (Fsp3) is 0.474. The van der Waals surface area contributed by atoms with E-state index < -0.39 is 0 Å². The normalized spacial score (nSPS) is 18.9. The quantitative estimate of drug-likeness (QED) is 0.735. The molecule has 1 saturated heterocycles. The van der Waals surface area contributed by atoms with Crippen molar-refractivity contribution in [1.82, 2.24) is 30.1 Å². The van der Waals surface area contributed by atoms with Gasteiger partial charge < -0.3 is 10.2 Å². The second kappa shape index (κ2) is 6.32. The van der Waals surface area contributed by atoms with Gasteiger partial charge in [-0.2, -0.15) is 4.52 Å². The fourth-order valence-electron chi connectivity index (χ4n) is 3.56. The number of nitrogens with zero attached hydrogens (tertiary/aromatic N) is 6. The number of fused-ring (bicyclic) bond motifs is 1. The lowest BCUT2D eigenvalue weighted by atomic mass is 9.99. The maximum absolute atomic E-state index is 4.79. The van der Waals surface area contributed by atoms with Gasteiger partial charge in [0.05, 0.1) is 0 Å². The zero-order chi connectivity index (χ0) is 17.5. The first-order valence-electron chi connectivity index (χ1n) is 9.38. The molecule has 1 unspecified atom stereocenters. The van der Waals surface area contributed by atoms with E-state index in [4.69, 9.17) is 5.10 Å². The Morgan fingerprint density at radius 1 is 1.12 bits per heavy atom. The van der Waals surface area contributed by atoms with E-state index >= 15 is 0 Å². The van der Waals surface area contributed by atoms with Gasteiger partial charge in [0.15, 0.2) is 11.5 Å². The summed E-state index contributed by atoms with van der Waals surface area (Å²) in [5, 5.41) is 17.0. The van der Waals surface area contributed by atoms with Gasteiger partial charge >= 0.3 is 0 Å². The molecule has 2 fully saturated rings. The van der Waals surface area contributed by atoms with Crippen molar-refractivity contribution >= 4 is 11.5 Å². The van der Waals surface area contributed by atoms with Crippen molar-refractivity contribution in [3.8, 4) is 0 Å². The molecule has 3 aromatic heterocycles. The van der Waals surface area contributed by atoms with Gasteiger partial charge in [-0.15, -0.1) is 15.3 Å². The number of aromatic nitrogens is 5. The van der Waals surface area contributed by atoms with Crippen molar-refractivity contribution in [2.24, 2.45) is 5.92 Å². The Bertz CT molecular complexity index is 897. The first-order valence-corrected chi connectivity index (χ1v) is 9.38. The Balaban J connectivity index is 1.19. The highest BCUT2D eigenvalue weighted by molar-refractivity contribution is 5.47. The molecule has 1 aliphatic heterocycles. The Morgan fingerprint density at radius 2 is 1.92 bits per heavy atom. The Kier molecular flexibility index (Phi) is 3.81. The van der Waals surface area contributed by atoms with Crippen molar-refractivity contribution in [3.63, 3.8) is 0 Å². The molecular weight excluding hydrogens is 326 g/mol. The highest BCUT2D eigenvalue weighted by Crippen LogP contribution is 2.38. The zero-order valence-electron chi connectivity index (χ0n) is 14.9. The molecule has 5 rings (SSSR count). The number of anilines is 1. The molecule has 1 N–H and O–H groups in total. The number of hydrogen-bond acceptors (Lipinski definition) is 6. The summed E-state index contributed by atoms with van der Waals surface area (Å²) in [7, 11) is 0. The van der Waals surface area contributed by atoms with Crippen LogP contribution in [0.4, 0.5) is 5.82 Å². The van der Waals surface area contributed by atoms with Crippen molar-refractivity contribution in [1.29, 1.82) is 0 Å². The van der Waals surface area contributed by atoms with Gasteiger partial charge in [-0.1, -0.05) is 0 Å². The monoisotopic (exact) mass is 349 g/mol. The Hall–Kier alpha value is -2.54. The molecular formula is C19H23N7. The lowest BCUT2D eigenvalue weighted by Gasteiger charge is -2.40. The third-order valence-corrected chi connectivity index (χ3v) is 5.42. The Morgan fingerprint density at radius 3 is 2.69 bits per heavy atom. The lowest BCUT2D eigenvalue weighted by molar-refractivity contribution is 0.365. The number of hydrogen-bond donors (Lipinski definition) is 1. The van der Waals surface area contributed by atoms with E-state index in [1.807, 2.05) is 23.0 Å². The summed E-state index contributed by atoms with van der Waals surface area (Å²) >= 11 is 0. The van der Waals surface area contributed by atoms with Crippen LogP contribution < -0.4 is 10.2 Å². The minimum atomic E-state index is 0.347. The van der Waals surface area contributed by atoms with Gasteiger partial charge in [0.1, 0.15) is 5.82 Å². The van der Waals surface area contributed by atoms with E-state index in [1.54, 1.807) is 0 Å². The molecule has 0 bridgehead atoms. The van der Waals surface area contributed by atoms with Gasteiger partial charge in [0.25, 0.3) is 0 Å². The van der Waals surface area contributed by atoms with Crippen molar-refractivity contribution in [2.45, 2.75) is 31.7 Å². The van der Waals surface area contributed by atoms with E-state index in [1.165, 1.54) is 18.4 Å².